The Hall–Kier alpha value is -1.98. The van der Waals surface area contributed by atoms with Gasteiger partial charge in [0.2, 0.25) is 0 Å². The van der Waals surface area contributed by atoms with Gasteiger partial charge >= 0.3 is 0 Å². The average Bonchev–Trinajstić information content (AvgIpc) is 2.90. The van der Waals surface area contributed by atoms with Crippen LogP contribution in [0, 0.1) is 13.8 Å². The molecule has 2 aromatic carbocycles. The van der Waals surface area contributed by atoms with Crippen molar-refractivity contribution in [3.8, 4) is 5.69 Å². The summed E-state index contributed by atoms with van der Waals surface area (Å²) in [5.41, 5.74) is 6.23. The van der Waals surface area contributed by atoms with E-state index < -0.39 is 5.91 Å². The summed E-state index contributed by atoms with van der Waals surface area (Å²) < 4.78 is 1.98. The number of aromatic nitrogens is 1. The number of nitrogens with one attached hydrogen (secondary N) is 1. The van der Waals surface area contributed by atoms with Crippen LogP contribution in [-0.2, 0) is 0 Å². The molecule has 1 amide bonds. The quantitative estimate of drug-likeness (QED) is 0.356. The Morgan fingerprint density at radius 1 is 0.964 bits per heavy atom. The van der Waals surface area contributed by atoms with Gasteiger partial charge in [0.25, 0.3) is 5.91 Å². The summed E-state index contributed by atoms with van der Waals surface area (Å²) in [5.74, 6) is -0.426. The minimum Gasteiger partial charge on any atom is -0.316 e. The van der Waals surface area contributed by atoms with E-state index >= 15 is 0 Å². The van der Waals surface area contributed by atoms with E-state index in [9.17, 15) is 4.79 Å². The number of halogens is 4. The first-order valence-electron chi connectivity index (χ1n) is 8.20. The van der Waals surface area contributed by atoms with Gasteiger partial charge in [-0.15, -0.1) is 0 Å². The van der Waals surface area contributed by atoms with Crippen LogP contribution < -0.4 is 5.43 Å². The molecular formula is C20H15Cl4N3O. The van der Waals surface area contributed by atoms with E-state index in [0.717, 1.165) is 22.6 Å². The zero-order valence-corrected chi connectivity index (χ0v) is 18.0. The lowest BCUT2D eigenvalue weighted by Crippen LogP contribution is -2.18. The van der Waals surface area contributed by atoms with Crippen LogP contribution in [0.25, 0.3) is 5.69 Å². The Morgan fingerprint density at radius 3 is 2.36 bits per heavy atom. The van der Waals surface area contributed by atoms with Crippen molar-refractivity contribution in [3.05, 3.63) is 85.1 Å². The third-order valence-electron chi connectivity index (χ3n) is 4.16. The van der Waals surface area contributed by atoms with Gasteiger partial charge < -0.3 is 4.57 Å². The van der Waals surface area contributed by atoms with Gasteiger partial charge in [-0.25, -0.2) is 5.43 Å². The van der Waals surface area contributed by atoms with E-state index in [-0.39, 0.29) is 5.02 Å². The number of rotatable bonds is 4. The molecule has 28 heavy (non-hydrogen) atoms. The summed E-state index contributed by atoms with van der Waals surface area (Å²) in [5, 5.41) is 5.93. The van der Waals surface area contributed by atoms with Crippen LogP contribution in [-0.4, -0.2) is 16.7 Å². The topological polar surface area (TPSA) is 46.4 Å². The van der Waals surface area contributed by atoms with Crippen molar-refractivity contribution >= 4 is 58.5 Å². The molecule has 0 bridgehead atoms. The lowest BCUT2D eigenvalue weighted by atomic mass is 10.2. The molecule has 0 spiro atoms. The fraction of sp³-hybridized carbons (Fsp3) is 0.100. The Morgan fingerprint density at radius 2 is 1.64 bits per heavy atom. The van der Waals surface area contributed by atoms with Crippen molar-refractivity contribution in [2.75, 3.05) is 0 Å². The molecule has 0 saturated carbocycles. The van der Waals surface area contributed by atoms with E-state index in [1.807, 2.05) is 24.5 Å². The number of amides is 1. The maximum atomic E-state index is 12.2. The van der Waals surface area contributed by atoms with Gasteiger partial charge in [0, 0.05) is 27.0 Å². The number of hydrazone groups is 1. The predicted molar refractivity (Wildman–Crippen MR) is 117 cm³/mol. The molecule has 0 aliphatic rings. The molecule has 4 nitrogen and oxygen atoms in total. The number of carbonyl (C=O) groups is 1. The van der Waals surface area contributed by atoms with Crippen LogP contribution in [0.1, 0.15) is 27.3 Å². The SMILES string of the molecule is Cc1cc(/C=N\NC(=O)c2ccc(Cl)cc2Cl)c(C)n1-c1cc(Cl)ccc1Cl. The minimum absolute atomic E-state index is 0.258. The Balaban J connectivity index is 1.84. The van der Waals surface area contributed by atoms with E-state index in [0.29, 0.717) is 20.6 Å². The van der Waals surface area contributed by atoms with Crippen LogP contribution in [0.3, 0.4) is 0 Å². The molecule has 0 saturated heterocycles. The normalized spacial score (nSPS) is 11.2. The third kappa shape index (κ3) is 4.36. The lowest BCUT2D eigenvalue weighted by molar-refractivity contribution is 0.0955. The molecule has 8 heteroatoms. The highest BCUT2D eigenvalue weighted by Gasteiger charge is 2.13. The predicted octanol–water partition coefficient (Wildman–Crippen LogP) is 6.47. The molecule has 0 atom stereocenters. The maximum Gasteiger partial charge on any atom is 0.272 e. The second-order valence-electron chi connectivity index (χ2n) is 6.08. The fourth-order valence-corrected chi connectivity index (χ4v) is 3.70. The number of hydrogen-bond donors (Lipinski definition) is 1. The first-order valence-corrected chi connectivity index (χ1v) is 9.72. The van der Waals surface area contributed by atoms with Crippen molar-refractivity contribution in [3.63, 3.8) is 0 Å². The van der Waals surface area contributed by atoms with Gasteiger partial charge in [-0.3, -0.25) is 4.79 Å². The number of benzene rings is 2. The first kappa shape index (κ1) is 20.7. The monoisotopic (exact) mass is 453 g/mol. The van der Waals surface area contributed by atoms with Crippen LogP contribution in [0.2, 0.25) is 20.1 Å². The summed E-state index contributed by atoms with van der Waals surface area (Å²) in [6.45, 7) is 3.89. The maximum absolute atomic E-state index is 12.2. The van der Waals surface area contributed by atoms with Gasteiger partial charge in [-0.05, 0) is 56.3 Å². The Kier molecular flexibility index (Phi) is 6.36. The zero-order valence-electron chi connectivity index (χ0n) is 14.9. The number of hydrogen-bond acceptors (Lipinski definition) is 2. The highest BCUT2D eigenvalue weighted by Crippen LogP contribution is 2.28. The Labute approximate surface area is 182 Å². The molecular weight excluding hydrogens is 440 g/mol. The molecule has 3 rings (SSSR count). The molecule has 144 valence electrons. The molecule has 0 radical (unpaired) electrons. The highest BCUT2D eigenvalue weighted by atomic mass is 35.5. The zero-order chi connectivity index (χ0) is 20.4. The number of carbonyl (C=O) groups excluding carboxylic acids is 1. The highest BCUT2D eigenvalue weighted by molar-refractivity contribution is 6.36. The average molecular weight is 455 g/mol. The third-order valence-corrected chi connectivity index (χ3v) is 5.27. The molecule has 0 fully saturated rings. The summed E-state index contributed by atoms with van der Waals surface area (Å²) in [4.78, 5) is 12.2. The van der Waals surface area contributed by atoms with Gasteiger partial charge in [-0.1, -0.05) is 46.4 Å². The summed E-state index contributed by atoms with van der Waals surface area (Å²) in [6.07, 6.45) is 1.57. The van der Waals surface area contributed by atoms with E-state index in [2.05, 4.69) is 10.5 Å². The van der Waals surface area contributed by atoms with Crippen LogP contribution in [0.5, 0.6) is 0 Å². The van der Waals surface area contributed by atoms with E-state index in [1.54, 1.807) is 36.5 Å². The molecule has 0 unspecified atom stereocenters. The van der Waals surface area contributed by atoms with Gasteiger partial charge in [0.15, 0.2) is 0 Å². The summed E-state index contributed by atoms with van der Waals surface area (Å²) in [7, 11) is 0. The van der Waals surface area contributed by atoms with Crippen molar-refractivity contribution in [2.45, 2.75) is 13.8 Å². The minimum atomic E-state index is -0.426. The van der Waals surface area contributed by atoms with Crippen molar-refractivity contribution in [1.29, 1.82) is 0 Å². The van der Waals surface area contributed by atoms with E-state index in [4.69, 9.17) is 46.4 Å². The van der Waals surface area contributed by atoms with Gasteiger partial charge in [0.1, 0.15) is 0 Å². The van der Waals surface area contributed by atoms with Crippen molar-refractivity contribution < 1.29 is 4.79 Å². The summed E-state index contributed by atoms with van der Waals surface area (Å²) >= 11 is 24.3. The molecule has 0 aliphatic heterocycles. The molecule has 1 N–H and O–H groups in total. The van der Waals surface area contributed by atoms with Crippen LogP contribution in [0.4, 0.5) is 0 Å². The van der Waals surface area contributed by atoms with Crippen molar-refractivity contribution in [1.82, 2.24) is 9.99 Å². The summed E-state index contributed by atoms with van der Waals surface area (Å²) in [6, 6.07) is 11.9. The van der Waals surface area contributed by atoms with Gasteiger partial charge in [0.05, 0.1) is 27.5 Å². The molecule has 0 aliphatic carbocycles. The fourth-order valence-electron chi connectivity index (χ4n) is 2.84. The second-order valence-corrected chi connectivity index (χ2v) is 7.77. The number of aryl methyl sites for hydroxylation is 1. The number of nitrogens with zero attached hydrogens (tertiary/aromatic N) is 2. The largest absolute Gasteiger partial charge is 0.316 e. The molecule has 1 aromatic heterocycles. The van der Waals surface area contributed by atoms with Crippen molar-refractivity contribution in [2.24, 2.45) is 5.10 Å². The smallest absolute Gasteiger partial charge is 0.272 e. The Bertz CT molecular complexity index is 1090. The first-order chi connectivity index (χ1) is 13.3. The van der Waals surface area contributed by atoms with Gasteiger partial charge in [-0.2, -0.15) is 5.10 Å². The molecule has 1 heterocycles. The molecule has 3 aromatic rings. The second kappa shape index (κ2) is 8.58. The van der Waals surface area contributed by atoms with Crippen LogP contribution >= 0.6 is 46.4 Å². The van der Waals surface area contributed by atoms with E-state index in [1.165, 1.54) is 6.07 Å². The van der Waals surface area contributed by atoms with Crippen LogP contribution in [0.15, 0.2) is 47.6 Å². The lowest BCUT2D eigenvalue weighted by Gasteiger charge is -2.12. The standard InChI is InChI=1S/C20H15Cl4N3O/c1-11-7-13(12(2)27(11)19-9-15(22)4-6-17(19)23)10-25-26-20(28)16-5-3-14(21)8-18(16)24/h3-10H,1-2H3,(H,26,28)/b25-10-.